The van der Waals surface area contributed by atoms with Crippen LogP contribution in [0.25, 0.3) is 21.7 Å². The molecule has 0 saturated carbocycles. The maximum Gasteiger partial charge on any atom is 0.278 e. The first-order valence-electron chi connectivity index (χ1n) is 11.0. The van der Waals surface area contributed by atoms with Crippen molar-refractivity contribution in [2.24, 2.45) is 0 Å². The smallest absolute Gasteiger partial charge is 0.278 e. The number of sulfone groups is 1. The molecule has 2 heterocycles. The second kappa shape index (κ2) is 10.9. The molecule has 13 heteroatoms. The monoisotopic (exact) mass is 557 g/mol. The molecule has 0 aliphatic carbocycles. The first-order chi connectivity index (χ1) is 17.6. The Morgan fingerprint density at radius 3 is 2.35 bits per heavy atom. The van der Waals surface area contributed by atoms with E-state index < -0.39 is 28.6 Å². The molecule has 1 amide bonds. The Balaban J connectivity index is 1.50. The van der Waals surface area contributed by atoms with Gasteiger partial charge in [0.15, 0.2) is 21.3 Å². The number of nitrogens with two attached hydrogens (primary N) is 1. The normalized spacial score (nSPS) is 13.1. The summed E-state index contributed by atoms with van der Waals surface area (Å²) < 4.78 is 42.7. The molecule has 2 aromatic carbocycles. The lowest BCUT2D eigenvalue weighted by molar-refractivity contribution is 0.102. The number of nitrogens with zero attached hydrogens (tertiary/aromatic N) is 3. The summed E-state index contributed by atoms with van der Waals surface area (Å²) in [5, 5.41) is 2.65. The minimum Gasteiger partial charge on any atom is -0.382 e. The van der Waals surface area contributed by atoms with Crippen LogP contribution in [0.3, 0.4) is 0 Å². The van der Waals surface area contributed by atoms with Gasteiger partial charge in [-0.05, 0) is 29.8 Å². The second-order valence-corrected chi connectivity index (χ2v) is 14.2. The number of anilines is 2. The van der Waals surface area contributed by atoms with Crippen LogP contribution in [0.5, 0.6) is 0 Å². The average molecular weight is 558 g/mol. The molecule has 37 heavy (non-hydrogen) atoms. The van der Waals surface area contributed by atoms with Crippen molar-refractivity contribution in [1.29, 1.82) is 0 Å². The molecule has 3 N–H and O–H groups in total. The fourth-order valence-electron chi connectivity index (χ4n) is 3.41. The molecule has 0 bridgehead atoms. The molecule has 4 rings (SSSR count). The number of hydrogen-bond acceptors (Lipinski definition) is 10. The highest BCUT2D eigenvalue weighted by molar-refractivity contribution is 7.98. The van der Waals surface area contributed by atoms with E-state index in [2.05, 4.69) is 20.3 Å². The van der Waals surface area contributed by atoms with Crippen LogP contribution in [0.4, 0.5) is 11.5 Å². The van der Waals surface area contributed by atoms with E-state index in [1.807, 2.05) is 24.3 Å². The number of carbonyl (C=O) groups is 1. The molecule has 0 aliphatic heterocycles. The molecule has 10 nitrogen and oxygen atoms in total. The minimum absolute atomic E-state index is 0.0284. The number of benzene rings is 2. The molecular weight excluding hydrogens is 533 g/mol. The van der Waals surface area contributed by atoms with Gasteiger partial charge in [-0.15, -0.1) is 11.3 Å². The Morgan fingerprint density at radius 1 is 1.08 bits per heavy atom. The van der Waals surface area contributed by atoms with Crippen LogP contribution in [0.1, 0.15) is 17.4 Å². The number of carbonyl (C=O) groups excluding carboxylic acids is 1. The Morgan fingerprint density at radius 2 is 1.76 bits per heavy atom. The van der Waals surface area contributed by atoms with Crippen molar-refractivity contribution in [3.05, 3.63) is 72.1 Å². The zero-order chi connectivity index (χ0) is 26.6. The molecule has 192 valence electrons. The van der Waals surface area contributed by atoms with Crippen molar-refractivity contribution in [2.75, 3.05) is 29.8 Å². The highest BCUT2D eigenvalue weighted by Crippen LogP contribution is 2.47. The maximum atomic E-state index is 12.9. The van der Waals surface area contributed by atoms with E-state index in [0.717, 1.165) is 16.0 Å². The molecule has 1 unspecified atom stereocenters. The van der Waals surface area contributed by atoms with E-state index >= 15 is 0 Å². The van der Waals surface area contributed by atoms with Gasteiger partial charge in [-0.2, -0.15) is 0 Å². The third kappa shape index (κ3) is 6.11. The summed E-state index contributed by atoms with van der Waals surface area (Å²) in [7, 11) is -5.89. The van der Waals surface area contributed by atoms with E-state index in [9.17, 15) is 17.8 Å². The minimum atomic E-state index is -3.85. The van der Waals surface area contributed by atoms with Crippen LogP contribution in [-0.4, -0.2) is 48.0 Å². The largest absolute Gasteiger partial charge is 0.382 e. The van der Waals surface area contributed by atoms with Gasteiger partial charge in [-0.1, -0.05) is 31.2 Å². The predicted molar refractivity (Wildman–Crippen MR) is 145 cm³/mol. The van der Waals surface area contributed by atoms with Gasteiger partial charge in [0.25, 0.3) is 5.91 Å². The number of nitrogen functional groups attached to an aromatic ring is 1. The van der Waals surface area contributed by atoms with Gasteiger partial charge < -0.3 is 15.6 Å². The third-order valence-corrected chi connectivity index (χ3v) is 11.9. The fraction of sp³-hybridized carbons (Fsp3) is 0.167. The topological polar surface area (TPSA) is 154 Å². The standard InChI is InChI=1S/C24H24N5O5PS2/c1-3-35(31,34-2)15-37(32,33)19-10-8-18(9-11-19)28-24(30)22-23(25)27-12-20(29-22)16-4-6-17(7-5-16)21-13-26-14-36-21/h4-14H,3,15H2,1-2H3,(H2,25,27)(H,28,30). The van der Waals surface area contributed by atoms with Gasteiger partial charge in [0.05, 0.1) is 27.2 Å². The summed E-state index contributed by atoms with van der Waals surface area (Å²) in [5.74, 6) is -0.643. The molecule has 0 fully saturated rings. The van der Waals surface area contributed by atoms with Crippen LogP contribution < -0.4 is 11.1 Å². The van der Waals surface area contributed by atoms with E-state index in [1.165, 1.54) is 48.9 Å². The Bertz CT molecular complexity index is 1550. The SMILES string of the molecule is CCP(=O)(CS(=O)(=O)c1ccc(NC(=O)c2nc(-c3ccc(-c4cncs4)cc3)cnc2N)cc1)OC. The molecule has 4 aromatic rings. The summed E-state index contributed by atoms with van der Waals surface area (Å²) in [4.78, 5) is 26.5. The zero-order valence-corrected chi connectivity index (χ0v) is 22.5. The Labute approximate surface area is 218 Å². The second-order valence-electron chi connectivity index (χ2n) is 7.97. The summed E-state index contributed by atoms with van der Waals surface area (Å²) in [6.45, 7) is 1.61. The summed E-state index contributed by atoms with van der Waals surface area (Å²) in [6.07, 6.45) is 3.38. The first kappa shape index (κ1) is 26.6. The Kier molecular flexibility index (Phi) is 7.84. The van der Waals surface area contributed by atoms with Crippen molar-refractivity contribution in [3.63, 3.8) is 0 Å². The highest BCUT2D eigenvalue weighted by Gasteiger charge is 2.29. The van der Waals surface area contributed by atoms with Crippen LogP contribution in [0.15, 0.2) is 71.3 Å². The number of nitrogens with one attached hydrogen (secondary N) is 1. The molecule has 0 radical (unpaired) electrons. The number of thiazole rings is 1. The van der Waals surface area contributed by atoms with E-state index in [-0.39, 0.29) is 22.6 Å². The highest BCUT2D eigenvalue weighted by atomic mass is 32.2. The van der Waals surface area contributed by atoms with E-state index in [1.54, 1.807) is 18.6 Å². The third-order valence-electron chi connectivity index (χ3n) is 5.57. The van der Waals surface area contributed by atoms with Crippen molar-refractivity contribution in [2.45, 2.75) is 11.8 Å². The van der Waals surface area contributed by atoms with Gasteiger partial charge >= 0.3 is 0 Å². The molecule has 1 atom stereocenters. The first-order valence-corrected chi connectivity index (χ1v) is 15.6. The lowest BCUT2D eigenvalue weighted by atomic mass is 10.1. The zero-order valence-electron chi connectivity index (χ0n) is 20.0. The summed E-state index contributed by atoms with van der Waals surface area (Å²) in [5.41, 5.74) is 9.58. The van der Waals surface area contributed by atoms with Gasteiger partial charge in [0, 0.05) is 30.7 Å². The molecule has 0 spiro atoms. The molecular formula is C24H24N5O5PS2. The number of aromatic nitrogens is 3. The number of rotatable bonds is 9. The van der Waals surface area contributed by atoms with Gasteiger partial charge in [-0.25, -0.2) is 18.4 Å². The predicted octanol–water partition coefficient (Wildman–Crippen LogP) is 4.78. The van der Waals surface area contributed by atoms with Crippen molar-refractivity contribution in [3.8, 4) is 21.7 Å². The van der Waals surface area contributed by atoms with Crippen LogP contribution in [0, 0.1) is 0 Å². The van der Waals surface area contributed by atoms with Crippen molar-refractivity contribution in [1.82, 2.24) is 15.0 Å². The lowest BCUT2D eigenvalue weighted by Gasteiger charge is -2.14. The van der Waals surface area contributed by atoms with Crippen molar-refractivity contribution < 1.29 is 22.3 Å². The molecule has 0 aliphatic rings. The molecule has 2 aromatic heterocycles. The van der Waals surface area contributed by atoms with Gasteiger partial charge in [-0.3, -0.25) is 14.3 Å². The molecule has 0 saturated heterocycles. The Hall–Kier alpha value is -3.44. The van der Waals surface area contributed by atoms with E-state index in [4.69, 9.17) is 10.3 Å². The van der Waals surface area contributed by atoms with Crippen LogP contribution >= 0.6 is 18.7 Å². The number of amides is 1. The quantitative estimate of drug-likeness (QED) is 0.277. The lowest BCUT2D eigenvalue weighted by Crippen LogP contribution is -2.17. The van der Waals surface area contributed by atoms with Gasteiger partial charge in [0.1, 0.15) is 5.49 Å². The van der Waals surface area contributed by atoms with Crippen molar-refractivity contribution >= 4 is 46.0 Å². The van der Waals surface area contributed by atoms with Gasteiger partial charge in [0.2, 0.25) is 7.37 Å². The summed E-state index contributed by atoms with van der Waals surface area (Å²) >= 11 is 1.53. The average Bonchev–Trinajstić information content (AvgIpc) is 3.44. The van der Waals surface area contributed by atoms with Crippen LogP contribution in [-0.2, 0) is 18.9 Å². The number of hydrogen-bond donors (Lipinski definition) is 2. The maximum absolute atomic E-state index is 12.9. The van der Waals surface area contributed by atoms with E-state index in [0.29, 0.717) is 11.4 Å². The van der Waals surface area contributed by atoms with Crippen LogP contribution in [0.2, 0.25) is 0 Å². The fourth-order valence-corrected chi connectivity index (χ4v) is 8.67. The summed E-state index contributed by atoms with van der Waals surface area (Å²) in [6, 6.07) is 13.1.